The van der Waals surface area contributed by atoms with E-state index in [1.54, 1.807) is 7.11 Å². The van der Waals surface area contributed by atoms with Crippen molar-refractivity contribution in [2.75, 3.05) is 17.7 Å². The molecule has 5 nitrogen and oxygen atoms in total. The van der Waals surface area contributed by atoms with Gasteiger partial charge in [-0.05, 0) is 57.9 Å². The van der Waals surface area contributed by atoms with Crippen molar-refractivity contribution in [2.24, 2.45) is 0 Å². The first kappa shape index (κ1) is 17.6. The highest BCUT2D eigenvalue weighted by molar-refractivity contribution is 5.85. The zero-order valence-corrected chi connectivity index (χ0v) is 14.5. The summed E-state index contributed by atoms with van der Waals surface area (Å²) in [5, 5.41) is 6.27. The Balaban J connectivity index is 1.90. The van der Waals surface area contributed by atoms with Crippen molar-refractivity contribution in [3.8, 4) is 0 Å². The summed E-state index contributed by atoms with van der Waals surface area (Å²) in [7, 11) is 1.78. The first-order valence-electron chi connectivity index (χ1n) is 8.27. The molecule has 2 unspecified atom stereocenters. The number of nitrogens with one attached hydrogen (secondary N) is 2. The Morgan fingerprint density at radius 2 is 1.70 bits per heavy atom. The maximum absolute atomic E-state index is 11.7. The summed E-state index contributed by atoms with van der Waals surface area (Å²) in [5.41, 5.74) is 1.26. The number of carbonyl (C=O) groups excluding carboxylic acids is 1. The van der Waals surface area contributed by atoms with E-state index in [2.05, 4.69) is 10.6 Å². The van der Waals surface area contributed by atoms with Crippen LogP contribution in [0.4, 0.5) is 16.2 Å². The summed E-state index contributed by atoms with van der Waals surface area (Å²) >= 11 is 0. The molecule has 1 aliphatic rings. The fourth-order valence-corrected chi connectivity index (χ4v) is 2.83. The van der Waals surface area contributed by atoms with E-state index in [4.69, 9.17) is 9.47 Å². The minimum Gasteiger partial charge on any atom is -0.444 e. The molecule has 1 aliphatic carbocycles. The van der Waals surface area contributed by atoms with Crippen molar-refractivity contribution in [1.82, 2.24) is 0 Å². The molecule has 1 fully saturated rings. The lowest BCUT2D eigenvalue weighted by molar-refractivity contribution is 0.0606. The Kier molecular flexibility index (Phi) is 5.88. The summed E-state index contributed by atoms with van der Waals surface area (Å²) < 4.78 is 10.8. The van der Waals surface area contributed by atoms with Crippen LogP contribution >= 0.6 is 0 Å². The molecule has 1 amide bonds. The third kappa shape index (κ3) is 5.75. The summed E-state index contributed by atoms with van der Waals surface area (Å²) in [6.45, 7) is 5.53. The molecule has 23 heavy (non-hydrogen) atoms. The quantitative estimate of drug-likeness (QED) is 0.863. The molecule has 2 rings (SSSR count). The van der Waals surface area contributed by atoms with Gasteiger partial charge in [0.2, 0.25) is 0 Å². The van der Waals surface area contributed by atoms with Crippen LogP contribution in [0.2, 0.25) is 0 Å². The highest BCUT2D eigenvalue weighted by Gasteiger charge is 2.24. The third-order valence-corrected chi connectivity index (χ3v) is 3.89. The van der Waals surface area contributed by atoms with Gasteiger partial charge < -0.3 is 14.8 Å². The molecule has 0 radical (unpaired) electrons. The number of benzene rings is 1. The Labute approximate surface area is 138 Å². The second kappa shape index (κ2) is 7.68. The van der Waals surface area contributed by atoms with Gasteiger partial charge in [-0.1, -0.05) is 12.8 Å². The van der Waals surface area contributed by atoms with E-state index in [1.165, 1.54) is 12.8 Å². The van der Waals surface area contributed by atoms with E-state index in [1.807, 2.05) is 45.0 Å². The number of hydrogen-bond donors (Lipinski definition) is 2. The van der Waals surface area contributed by atoms with E-state index in [9.17, 15) is 4.79 Å². The van der Waals surface area contributed by atoms with Crippen molar-refractivity contribution >= 4 is 17.5 Å². The molecule has 5 heteroatoms. The van der Waals surface area contributed by atoms with Gasteiger partial charge in [0.25, 0.3) is 0 Å². The lowest BCUT2D eigenvalue weighted by Gasteiger charge is -2.31. The van der Waals surface area contributed by atoms with Crippen LogP contribution in [0, 0.1) is 0 Å². The largest absolute Gasteiger partial charge is 0.444 e. The number of rotatable bonds is 4. The highest BCUT2D eigenvalue weighted by Crippen LogP contribution is 2.25. The van der Waals surface area contributed by atoms with Gasteiger partial charge in [-0.3, -0.25) is 5.32 Å². The van der Waals surface area contributed by atoms with Crippen LogP contribution < -0.4 is 10.6 Å². The monoisotopic (exact) mass is 320 g/mol. The molecule has 2 atom stereocenters. The van der Waals surface area contributed by atoms with Crippen LogP contribution in [0.25, 0.3) is 0 Å². The minimum absolute atomic E-state index is 0.267. The fourth-order valence-electron chi connectivity index (χ4n) is 2.83. The van der Waals surface area contributed by atoms with E-state index >= 15 is 0 Å². The van der Waals surface area contributed by atoms with Gasteiger partial charge in [-0.2, -0.15) is 0 Å². The van der Waals surface area contributed by atoms with Crippen LogP contribution in [0.3, 0.4) is 0 Å². The number of amides is 1. The second-order valence-electron chi connectivity index (χ2n) is 7.01. The van der Waals surface area contributed by atoms with Gasteiger partial charge in [0, 0.05) is 18.5 Å². The maximum atomic E-state index is 11.7. The zero-order valence-electron chi connectivity index (χ0n) is 14.5. The van der Waals surface area contributed by atoms with Crippen molar-refractivity contribution in [2.45, 2.75) is 64.2 Å². The summed E-state index contributed by atoms with van der Waals surface area (Å²) in [5.74, 6) is 0. The standard InChI is InChI=1S/C18H28N2O3/c1-18(2,3)23-17(21)20-14-11-9-13(10-12-14)19-15-7-5-6-8-16(15)22-4/h9-12,15-16,19H,5-8H2,1-4H3,(H,20,21). The van der Waals surface area contributed by atoms with Gasteiger partial charge in [-0.15, -0.1) is 0 Å². The van der Waals surface area contributed by atoms with Crippen LogP contribution in [-0.2, 0) is 9.47 Å². The average molecular weight is 320 g/mol. The summed E-state index contributed by atoms with van der Waals surface area (Å²) in [6.07, 6.45) is 4.52. The average Bonchev–Trinajstić information content (AvgIpc) is 2.48. The molecule has 0 spiro atoms. The predicted molar refractivity (Wildman–Crippen MR) is 93.0 cm³/mol. The topological polar surface area (TPSA) is 59.6 Å². The number of hydrogen-bond acceptors (Lipinski definition) is 4. The van der Waals surface area contributed by atoms with E-state index in [-0.39, 0.29) is 6.10 Å². The molecule has 0 aromatic heterocycles. The Bertz CT molecular complexity index is 508. The van der Waals surface area contributed by atoms with Crippen LogP contribution in [0.5, 0.6) is 0 Å². The first-order valence-corrected chi connectivity index (χ1v) is 8.27. The molecule has 0 saturated heterocycles. The minimum atomic E-state index is -0.498. The molecular formula is C18H28N2O3. The molecule has 1 saturated carbocycles. The Morgan fingerprint density at radius 1 is 1.09 bits per heavy atom. The Morgan fingerprint density at radius 3 is 2.30 bits per heavy atom. The van der Waals surface area contributed by atoms with Crippen molar-refractivity contribution in [3.63, 3.8) is 0 Å². The highest BCUT2D eigenvalue weighted by atomic mass is 16.6. The van der Waals surface area contributed by atoms with Crippen LogP contribution in [-0.4, -0.2) is 30.9 Å². The summed E-state index contributed by atoms with van der Waals surface area (Å²) in [4.78, 5) is 11.7. The zero-order chi connectivity index (χ0) is 16.9. The number of anilines is 2. The van der Waals surface area contributed by atoms with Gasteiger partial charge in [0.15, 0.2) is 0 Å². The third-order valence-electron chi connectivity index (χ3n) is 3.89. The fraction of sp³-hybridized carbons (Fsp3) is 0.611. The predicted octanol–water partition coefficient (Wildman–Crippen LogP) is 4.40. The molecule has 128 valence electrons. The molecule has 1 aromatic carbocycles. The Hall–Kier alpha value is -1.75. The SMILES string of the molecule is COC1CCCCC1Nc1ccc(NC(=O)OC(C)(C)C)cc1. The molecule has 0 heterocycles. The maximum Gasteiger partial charge on any atom is 0.412 e. The van der Waals surface area contributed by atoms with Crippen molar-refractivity contribution < 1.29 is 14.3 Å². The lowest BCUT2D eigenvalue weighted by Crippen LogP contribution is -2.37. The number of ether oxygens (including phenoxy) is 2. The normalized spacial score (nSPS) is 21.6. The van der Waals surface area contributed by atoms with E-state index in [0.29, 0.717) is 6.04 Å². The van der Waals surface area contributed by atoms with Gasteiger partial charge in [0.05, 0.1) is 12.1 Å². The molecule has 0 aliphatic heterocycles. The van der Waals surface area contributed by atoms with Crippen molar-refractivity contribution in [3.05, 3.63) is 24.3 Å². The van der Waals surface area contributed by atoms with Crippen LogP contribution in [0.1, 0.15) is 46.5 Å². The van der Waals surface area contributed by atoms with E-state index in [0.717, 1.165) is 24.2 Å². The van der Waals surface area contributed by atoms with Crippen LogP contribution in [0.15, 0.2) is 24.3 Å². The van der Waals surface area contributed by atoms with E-state index < -0.39 is 11.7 Å². The summed E-state index contributed by atoms with van der Waals surface area (Å²) in [6, 6.07) is 8.02. The van der Waals surface area contributed by atoms with Gasteiger partial charge in [-0.25, -0.2) is 4.79 Å². The lowest BCUT2D eigenvalue weighted by atomic mass is 9.92. The number of carbonyl (C=O) groups is 1. The molecule has 0 bridgehead atoms. The molecular weight excluding hydrogens is 292 g/mol. The number of methoxy groups -OCH3 is 1. The molecule has 2 N–H and O–H groups in total. The second-order valence-corrected chi connectivity index (χ2v) is 7.01. The van der Waals surface area contributed by atoms with Gasteiger partial charge >= 0.3 is 6.09 Å². The smallest absolute Gasteiger partial charge is 0.412 e. The van der Waals surface area contributed by atoms with Gasteiger partial charge in [0.1, 0.15) is 5.60 Å². The molecule has 1 aromatic rings. The van der Waals surface area contributed by atoms with Crippen molar-refractivity contribution in [1.29, 1.82) is 0 Å². The first-order chi connectivity index (χ1) is 10.9.